The van der Waals surface area contributed by atoms with E-state index < -0.39 is 0 Å². The predicted molar refractivity (Wildman–Crippen MR) is 40.1 cm³/mol. The van der Waals surface area contributed by atoms with Crippen molar-refractivity contribution in [2.45, 2.75) is 13.5 Å². The molecule has 1 aromatic carbocycles. The average molecular weight is 134 g/mol. The van der Waals surface area contributed by atoms with E-state index in [1.807, 2.05) is 30.3 Å². The Balaban J connectivity index is 2.43. The highest BCUT2D eigenvalue weighted by Gasteiger charge is 1.87. The van der Waals surface area contributed by atoms with E-state index in [0.29, 0.717) is 6.61 Å². The van der Waals surface area contributed by atoms with Crippen LogP contribution in [0.15, 0.2) is 30.3 Å². The van der Waals surface area contributed by atoms with E-state index in [4.69, 9.17) is 4.74 Å². The molecule has 1 aromatic rings. The lowest BCUT2D eigenvalue weighted by Crippen LogP contribution is -1.86. The highest BCUT2D eigenvalue weighted by Crippen LogP contribution is 2.00. The van der Waals surface area contributed by atoms with Gasteiger partial charge in [0.15, 0.2) is 0 Å². The molecule has 0 heterocycles. The van der Waals surface area contributed by atoms with Gasteiger partial charge in [0.2, 0.25) is 0 Å². The van der Waals surface area contributed by atoms with Crippen LogP contribution in [-0.2, 0) is 11.3 Å². The lowest BCUT2D eigenvalue weighted by atomic mass is 10.2. The van der Waals surface area contributed by atoms with Crippen molar-refractivity contribution in [3.8, 4) is 0 Å². The third kappa shape index (κ3) is 2.19. The molecule has 0 bridgehead atoms. The number of benzene rings is 1. The number of hydrogen-bond donors (Lipinski definition) is 0. The van der Waals surface area contributed by atoms with Crippen LogP contribution in [0.1, 0.15) is 12.5 Å². The van der Waals surface area contributed by atoms with E-state index in [9.17, 15) is 0 Å². The molecule has 0 atom stereocenters. The molecule has 0 aliphatic rings. The maximum Gasteiger partial charge on any atom is 0.129 e. The third-order valence-corrected chi connectivity index (χ3v) is 1.23. The first-order valence-electron chi connectivity index (χ1n) is 3.26. The molecule has 0 unspecified atom stereocenters. The van der Waals surface area contributed by atoms with E-state index in [1.54, 1.807) is 6.92 Å². The van der Waals surface area contributed by atoms with Crippen LogP contribution >= 0.6 is 0 Å². The van der Waals surface area contributed by atoms with Crippen molar-refractivity contribution in [2.75, 3.05) is 0 Å². The zero-order valence-corrected chi connectivity index (χ0v) is 6.00. The molecule has 0 aliphatic heterocycles. The first-order chi connectivity index (χ1) is 4.93. The van der Waals surface area contributed by atoms with Crippen molar-refractivity contribution < 1.29 is 4.74 Å². The van der Waals surface area contributed by atoms with Crippen molar-refractivity contribution in [1.29, 1.82) is 0 Å². The summed E-state index contributed by atoms with van der Waals surface area (Å²) >= 11 is 0. The van der Waals surface area contributed by atoms with Gasteiger partial charge in [-0.1, -0.05) is 30.3 Å². The Bertz CT molecular complexity index is 169. The summed E-state index contributed by atoms with van der Waals surface area (Å²) in [6.45, 7) is 4.99. The molecule has 1 nitrogen and oxygen atoms in total. The summed E-state index contributed by atoms with van der Waals surface area (Å²) in [5, 5.41) is 0. The second-order valence-electron chi connectivity index (χ2n) is 1.98. The van der Waals surface area contributed by atoms with Gasteiger partial charge in [0.05, 0.1) is 6.61 Å². The molecular formula is C9H10O. The van der Waals surface area contributed by atoms with Crippen LogP contribution in [0.5, 0.6) is 0 Å². The van der Waals surface area contributed by atoms with Crippen molar-refractivity contribution in [3.05, 3.63) is 42.5 Å². The topological polar surface area (TPSA) is 9.23 Å². The zero-order chi connectivity index (χ0) is 7.23. The Morgan fingerprint density at radius 2 is 2.00 bits per heavy atom. The second kappa shape index (κ2) is 4.07. The molecule has 1 rings (SSSR count). The first kappa shape index (κ1) is 7.29. The molecule has 1 heteroatoms. The quantitative estimate of drug-likeness (QED) is 0.616. The molecule has 0 fully saturated rings. The minimum Gasteiger partial charge on any atom is -0.364 e. The minimum absolute atomic E-state index is 0.622. The van der Waals surface area contributed by atoms with Gasteiger partial charge in [-0.2, -0.15) is 0 Å². The largest absolute Gasteiger partial charge is 0.364 e. The van der Waals surface area contributed by atoms with Crippen molar-refractivity contribution in [2.24, 2.45) is 0 Å². The molecule has 2 radical (unpaired) electrons. The molecule has 10 heavy (non-hydrogen) atoms. The molecule has 52 valence electrons. The Morgan fingerprint density at radius 3 is 2.60 bits per heavy atom. The van der Waals surface area contributed by atoms with Gasteiger partial charge in [-0.3, -0.25) is 0 Å². The molecule has 0 aliphatic carbocycles. The Kier molecular flexibility index (Phi) is 2.97. The van der Waals surface area contributed by atoms with Crippen molar-refractivity contribution in [1.82, 2.24) is 0 Å². The van der Waals surface area contributed by atoms with E-state index in [0.717, 1.165) is 0 Å². The summed E-state index contributed by atoms with van der Waals surface area (Å²) in [5.41, 5.74) is 1.18. The molecule has 0 saturated heterocycles. The fourth-order valence-electron chi connectivity index (χ4n) is 0.730. The van der Waals surface area contributed by atoms with Crippen LogP contribution in [0.3, 0.4) is 0 Å². The summed E-state index contributed by atoms with van der Waals surface area (Å²) in [7, 11) is 0. The van der Waals surface area contributed by atoms with Crippen LogP contribution in [0.2, 0.25) is 0 Å². The van der Waals surface area contributed by atoms with Gasteiger partial charge < -0.3 is 4.74 Å². The Morgan fingerprint density at radius 1 is 1.30 bits per heavy atom. The summed E-state index contributed by atoms with van der Waals surface area (Å²) in [4.78, 5) is 0. The zero-order valence-electron chi connectivity index (χ0n) is 6.00. The van der Waals surface area contributed by atoms with E-state index in [2.05, 4.69) is 6.61 Å². The number of hydrogen-bond acceptors (Lipinski definition) is 1. The summed E-state index contributed by atoms with van der Waals surface area (Å²) in [6, 6.07) is 10.0. The maximum absolute atomic E-state index is 4.97. The van der Waals surface area contributed by atoms with Gasteiger partial charge in [0.25, 0.3) is 0 Å². The minimum atomic E-state index is 0.622. The molecule has 0 spiro atoms. The normalized spacial score (nSPS) is 9.70. The third-order valence-electron chi connectivity index (χ3n) is 1.23. The van der Waals surface area contributed by atoms with Gasteiger partial charge >= 0.3 is 0 Å². The smallest absolute Gasteiger partial charge is 0.129 e. The van der Waals surface area contributed by atoms with Gasteiger partial charge in [-0.25, -0.2) is 0 Å². The Hall–Kier alpha value is -0.820. The van der Waals surface area contributed by atoms with Gasteiger partial charge in [0.1, 0.15) is 6.61 Å². The monoisotopic (exact) mass is 134 g/mol. The van der Waals surface area contributed by atoms with E-state index in [1.165, 1.54) is 5.56 Å². The average Bonchev–Trinajstić information content (AvgIpc) is 2.03. The van der Waals surface area contributed by atoms with E-state index >= 15 is 0 Å². The summed E-state index contributed by atoms with van der Waals surface area (Å²) in [6.07, 6.45) is 0. The van der Waals surface area contributed by atoms with E-state index in [-0.39, 0.29) is 0 Å². The number of ether oxygens (including phenoxy) is 1. The van der Waals surface area contributed by atoms with Crippen molar-refractivity contribution >= 4 is 0 Å². The lowest BCUT2D eigenvalue weighted by molar-refractivity contribution is 0.191. The predicted octanol–water partition coefficient (Wildman–Crippen LogP) is 2.26. The number of rotatable bonds is 3. The van der Waals surface area contributed by atoms with Crippen LogP contribution in [0, 0.1) is 6.61 Å². The molecule has 0 N–H and O–H groups in total. The Labute approximate surface area is 61.6 Å². The summed E-state index contributed by atoms with van der Waals surface area (Å²) < 4.78 is 4.97. The highest BCUT2D eigenvalue weighted by molar-refractivity contribution is 5.13. The maximum atomic E-state index is 4.97. The molecule has 0 saturated carbocycles. The van der Waals surface area contributed by atoms with Gasteiger partial charge in [-0.05, 0) is 12.5 Å². The van der Waals surface area contributed by atoms with Crippen LogP contribution in [0.4, 0.5) is 0 Å². The second-order valence-corrected chi connectivity index (χ2v) is 1.98. The van der Waals surface area contributed by atoms with Crippen molar-refractivity contribution in [3.63, 3.8) is 0 Å². The molecule has 0 amide bonds. The fraction of sp³-hybridized carbons (Fsp3) is 0.222. The van der Waals surface area contributed by atoms with Gasteiger partial charge in [0, 0.05) is 0 Å². The first-order valence-corrected chi connectivity index (χ1v) is 3.26. The lowest BCUT2D eigenvalue weighted by Gasteiger charge is -1.97. The molecular weight excluding hydrogens is 124 g/mol. The van der Waals surface area contributed by atoms with Crippen LogP contribution in [0.25, 0.3) is 0 Å². The van der Waals surface area contributed by atoms with Crippen LogP contribution in [-0.4, -0.2) is 0 Å². The highest BCUT2D eigenvalue weighted by atomic mass is 16.5. The fourth-order valence-corrected chi connectivity index (χ4v) is 0.730. The van der Waals surface area contributed by atoms with Crippen LogP contribution < -0.4 is 0 Å². The SMILES string of the molecule is C[C]OCc1ccccc1. The standard InChI is InChI=1S/C9H10O/c1-2-10-8-9-6-4-3-5-7-9/h3-7H,8H2,1H3. The summed E-state index contributed by atoms with van der Waals surface area (Å²) in [5.74, 6) is 0. The van der Waals surface area contributed by atoms with Gasteiger partial charge in [-0.15, -0.1) is 0 Å². The molecule has 0 aromatic heterocycles.